The fraction of sp³-hybridized carbons (Fsp3) is 0.364. The number of nitrogens with one attached hydrogen (secondary N) is 2. The molecule has 9 heteroatoms. The summed E-state index contributed by atoms with van der Waals surface area (Å²) in [6.45, 7) is 4.08. The standard InChI is InChI=1S/C22H25ClN4O4/c1-26-8-10-27(11-9-26)18(15-6-7-19-20(12-15)31-14-30-19)13-24-21(28)22(29)25-17-5-3-2-4-16(17)23/h2-7,12,18H,8-11,13-14H2,1H3,(H,24,28)(H,25,29)/t18-/m1/s1. The van der Waals surface area contributed by atoms with Crippen molar-refractivity contribution in [2.45, 2.75) is 6.04 Å². The van der Waals surface area contributed by atoms with Crippen LogP contribution in [0.1, 0.15) is 11.6 Å². The van der Waals surface area contributed by atoms with Crippen LogP contribution in [0.15, 0.2) is 42.5 Å². The monoisotopic (exact) mass is 444 g/mol. The highest BCUT2D eigenvalue weighted by Gasteiger charge is 2.27. The minimum absolute atomic E-state index is 0.0970. The molecule has 0 saturated carbocycles. The lowest BCUT2D eigenvalue weighted by Crippen LogP contribution is -2.49. The van der Waals surface area contributed by atoms with Crippen molar-refractivity contribution in [3.63, 3.8) is 0 Å². The molecule has 2 aliphatic rings. The van der Waals surface area contributed by atoms with Crippen LogP contribution in [0.3, 0.4) is 0 Å². The van der Waals surface area contributed by atoms with Crippen molar-refractivity contribution in [3.05, 3.63) is 53.1 Å². The third-order valence-electron chi connectivity index (χ3n) is 5.54. The third kappa shape index (κ3) is 5.10. The van der Waals surface area contributed by atoms with Gasteiger partial charge in [-0.15, -0.1) is 0 Å². The van der Waals surface area contributed by atoms with Crippen LogP contribution >= 0.6 is 11.6 Å². The number of carbonyl (C=O) groups excluding carboxylic acids is 2. The minimum atomic E-state index is -0.754. The van der Waals surface area contributed by atoms with Gasteiger partial charge in [-0.1, -0.05) is 29.8 Å². The number of hydrogen-bond donors (Lipinski definition) is 2. The Morgan fingerprint density at radius 3 is 2.55 bits per heavy atom. The molecule has 2 amide bonds. The number of anilines is 1. The van der Waals surface area contributed by atoms with Crippen molar-refractivity contribution in [3.8, 4) is 11.5 Å². The van der Waals surface area contributed by atoms with Crippen molar-refractivity contribution in [1.29, 1.82) is 0 Å². The predicted octanol–water partition coefficient (Wildman–Crippen LogP) is 2.11. The molecule has 0 aliphatic carbocycles. The van der Waals surface area contributed by atoms with Crippen LogP contribution in [-0.4, -0.2) is 68.2 Å². The number of ether oxygens (including phenoxy) is 2. The Balaban J connectivity index is 1.45. The Labute approximate surface area is 186 Å². The number of halogens is 1. The average Bonchev–Trinajstić information content (AvgIpc) is 3.24. The van der Waals surface area contributed by atoms with E-state index in [1.165, 1.54) is 0 Å². The zero-order valence-electron chi connectivity index (χ0n) is 17.3. The Hall–Kier alpha value is -2.81. The van der Waals surface area contributed by atoms with E-state index < -0.39 is 11.8 Å². The Morgan fingerprint density at radius 1 is 1.03 bits per heavy atom. The summed E-state index contributed by atoms with van der Waals surface area (Å²) >= 11 is 6.06. The van der Waals surface area contributed by atoms with Crippen LogP contribution in [0.4, 0.5) is 5.69 Å². The average molecular weight is 445 g/mol. The predicted molar refractivity (Wildman–Crippen MR) is 117 cm³/mol. The smallest absolute Gasteiger partial charge is 0.313 e. The number of fused-ring (bicyclic) bond motifs is 1. The van der Waals surface area contributed by atoms with Gasteiger partial charge in [0.15, 0.2) is 11.5 Å². The second kappa shape index (κ2) is 9.55. The van der Waals surface area contributed by atoms with Gasteiger partial charge in [0.2, 0.25) is 6.79 Å². The lowest BCUT2D eigenvalue weighted by Gasteiger charge is -2.38. The third-order valence-corrected chi connectivity index (χ3v) is 5.87. The fourth-order valence-electron chi connectivity index (χ4n) is 3.72. The SMILES string of the molecule is CN1CCN([C@H](CNC(=O)C(=O)Nc2ccccc2Cl)c2ccc3c(c2)OCO3)CC1. The molecule has 0 radical (unpaired) electrons. The van der Waals surface area contributed by atoms with E-state index in [4.69, 9.17) is 21.1 Å². The van der Waals surface area contributed by atoms with Gasteiger partial charge in [-0.05, 0) is 36.9 Å². The van der Waals surface area contributed by atoms with Gasteiger partial charge in [0, 0.05) is 32.7 Å². The van der Waals surface area contributed by atoms with E-state index in [1.54, 1.807) is 24.3 Å². The fourth-order valence-corrected chi connectivity index (χ4v) is 3.91. The largest absolute Gasteiger partial charge is 0.454 e. The van der Waals surface area contributed by atoms with Gasteiger partial charge < -0.3 is 25.0 Å². The molecule has 8 nitrogen and oxygen atoms in total. The zero-order chi connectivity index (χ0) is 21.8. The van der Waals surface area contributed by atoms with Crippen molar-refractivity contribution in [1.82, 2.24) is 15.1 Å². The highest BCUT2D eigenvalue weighted by atomic mass is 35.5. The van der Waals surface area contributed by atoms with Gasteiger partial charge in [0.05, 0.1) is 16.8 Å². The summed E-state index contributed by atoms with van der Waals surface area (Å²) in [7, 11) is 2.09. The lowest BCUT2D eigenvalue weighted by molar-refractivity contribution is -0.136. The van der Waals surface area contributed by atoms with Crippen molar-refractivity contribution < 1.29 is 19.1 Å². The molecule has 1 saturated heterocycles. The van der Waals surface area contributed by atoms with Crippen LogP contribution in [-0.2, 0) is 9.59 Å². The summed E-state index contributed by atoms with van der Waals surface area (Å²) in [5, 5.41) is 5.70. The topological polar surface area (TPSA) is 83.1 Å². The van der Waals surface area contributed by atoms with E-state index in [0.717, 1.165) is 31.7 Å². The number of amides is 2. The number of nitrogens with zero attached hydrogens (tertiary/aromatic N) is 2. The summed E-state index contributed by atoms with van der Waals surface area (Å²) in [6, 6.07) is 12.5. The lowest BCUT2D eigenvalue weighted by atomic mass is 10.0. The number of piperazine rings is 1. The second-order valence-electron chi connectivity index (χ2n) is 7.61. The molecule has 1 fully saturated rings. The first-order chi connectivity index (χ1) is 15.0. The molecule has 164 valence electrons. The van der Waals surface area contributed by atoms with E-state index in [2.05, 4.69) is 27.5 Å². The van der Waals surface area contributed by atoms with Gasteiger partial charge in [-0.25, -0.2) is 0 Å². The number of benzene rings is 2. The molecule has 0 bridgehead atoms. The van der Waals surface area contributed by atoms with Crippen LogP contribution in [0.2, 0.25) is 5.02 Å². The molecule has 2 heterocycles. The first kappa shape index (κ1) is 21.4. The van der Waals surface area contributed by atoms with Gasteiger partial charge >= 0.3 is 11.8 Å². The number of carbonyl (C=O) groups is 2. The van der Waals surface area contributed by atoms with Crippen LogP contribution in [0.5, 0.6) is 11.5 Å². The maximum atomic E-state index is 12.5. The molecule has 31 heavy (non-hydrogen) atoms. The summed E-state index contributed by atoms with van der Waals surface area (Å²) in [5.74, 6) is -0.0563. The molecule has 0 aromatic heterocycles. The molecule has 2 aromatic carbocycles. The van der Waals surface area contributed by atoms with Gasteiger partial charge in [0.1, 0.15) is 0 Å². The second-order valence-corrected chi connectivity index (χ2v) is 8.02. The molecular formula is C22H25ClN4O4. The molecule has 2 N–H and O–H groups in total. The van der Waals surface area contributed by atoms with Crippen molar-refractivity contribution >= 4 is 29.1 Å². The van der Waals surface area contributed by atoms with Crippen LogP contribution in [0.25, 0.3) is 0 Å². The highest BCUT2D eigenvalue weighted by molar-refractivity contribution is 6.41. The number of likely N-dealkylation sites (N-methyl/N-ethyl adjacent to an activating group) is 1. The summed E-state index contributed by atoms with van der Waals surface area (Å²) < 4.78 is 10.9. The maximum Gasteiger partial charge on any atom is 0.313 e. The van der Waals surface area contributed by atoms with E-state index >= 15 is 0 Å². The Morgan fingerprint density at radius 2 is 1.77 bits per heavy atom. The Bertz CT molecular complexity index is 962. The minimum Gasteiger partial charge on any atom is -0.454 e. The van der Waals surface area contributed by atoms with E-state index in [0.29, 0.717) is 22.2 Å². The highest BCUT2D eigenvalue weighted by Crippen LogP contribution is 2.35. The number of para-hydroxylation sites is 1. The van der Waals surface area contributed by atoms with Crippen LogP contribution in [0, 0.1) is 0 Å². The molecule has 0 unspecified atom stereocenters. The quantitative estimate of drug-likeness (QED) is 0.687. The summed E-state index contributed by atoms with van der Waals surface area (Å²) in [6.07, 6.45) is 0. The van der Waals surface area contributed by atoms with E-state index in [1.807, 2.05) is 18.2 Å². The first-order valence-electron chi connectivity index (χ1n) is 10.2. The van der Waals surface area contributed by atoms with Crippen LogP contribution < -0.4 is 20.1 Å². The first-order valence-corrected chi connectivity index (χ1v) is 10.5. The summed E-state index contributed by atoms with van der Waals surface area (Å²) in [5.41, 5.74) is 1.40. The molecular weight excluding hydrogens is 420 g/mol. The maximum absolute atomic E-state index is 12.5. The van der Waals surface area contributed by atoms with Gasteiger partial charge in [-0.3, -0.25) is 14.5 Å². The van der Waals surface area contributed by atoms with E-state index in [-0.39, 0.29) is 19.4 Å². The molecule has 0 spiro atoms. The summed E-state index contributed by atoms with van der Waals surface area (Å²) in [4.78, 5) is 29.4. The number of rotatable bonds is 5. The molecule has 2 aliphatic heterocycles. The zero-order valence-corrected chi connectivity index (χ0v) is 18.0. The van der Waals surface area contributed by atoms with Gasteiger partial charge in [-0.2, -0.15) is 0 Å². The molecule has 2 aromatic rings. The van der Waals surface area contributed by atoms with Crippen molar-refractivity contribution in [2.75, 3.05) is 51.9 Å². The number of hydrogen-bond acceptors (Lipinski definition) is 6. The normalized spacial score (nSPS) is 17.2. The van der Waals surface area contributed by atoms with Gasteiger partial charge in [0.25, 0.3) is 0 Å². The molecule has 4 rings (SSSR count). The van der Waals surface area contributed by atoms with E-state index in [9.17, 15) is 9.59 Å². The molecule has 1 atom stereocenters. The van der Waals surface area contributed by atoms with Crippen molar-refractivity contribution in [2.24, 2.45) is 0 Å². The Kier molecular flexibility index (Phi) is 6.60.